The first-order valence-corrected chi connectivity index (χ1v) is 8.73. The molecule has 1 fully saturated rings. The molecular weight excluding hydrogens is 376 g/mol. The van der Waals surface area contributed by atoms with Gasteiger partial charge in [0.05, 0.1) is 10.6 Å². The molecule has 10 heteroatoms. The van der Waals surface area contributed by atoms with Gasteiger partial charge in [0.1, 0.15) is 12.3 Å². The van der Waals surface area contributed by atoms with Crippen LogP contribution in [0.4, 0.5) is 11.4 Å². The van der Waals surface area contributed by atoms with E-state index < -0.39 is 4.92 Å². The summed E-state index contributed by atoms with van der Waals surface area (Å²) in [4.78, 5) is 38.8. The number of fused-ring (bicyclic) bond motifs is 1. The van der Waals surface area contributed by atoms with Crippen LogP contribution < -0.4 is 15.0 Å². The van der Waals surface area contributed by atoms with E-state index in [0.29, 0.717) is 12.3 Å². The number of nitro benzene ring substituents is 1. The van der Waals surface area contributed by atoms with Crippen LogP contribution in [0.25, 0.3) is 0 Å². The highest BCUT2D eigenvalue weighted by atomic mass is 35.5. The average molecular weight is 399 g/mol. The third-order valence-electron chi connectivity index (χ3n) is 4.65. The molecule has 148 valence electrons. The lowest BCUT2D eigenvalue weighted by atomic mass is 10.1. The van der Waals surface area contributed by atoms with Crippen molar-refractivity contribution in [1.82, 2.24) is 10.2 Å². The van der Waals surface area contributed by atoms with Crippen molar-refractivity contribution in [2.24, 2.45) is 0 Å². The molecule has 3 rings (SSSR count). The maximum Gasteiger partial charge on any atom is 0.271 e. The average Bonchev–Trinajstić information content (AvgIpc) is 3.15. The summed E-state index contributed by atoms with van der Waals surface area (Å²) in [5.41, 5.74) is 0.120. The van der Waals surface area contributed by atoms with Crippen molar-refractivity contribution in [3.8, 4) is 5.75 Å². The number of amides is 2. The van der Waals surface area contributed by atoms with Gasteiger partial charge in [-0.2, -0.15) is 0 Å². The van der Waals surface area contributed by atoms with Crippen LogP contribution in [-0.2, 0) is 9.59 Å². The zero-order valence-corrected chi connectivity index (χ0v) is 15.9. The van der Waals surface area contributed by atoms with Crippen molar-refractivity contribution >= 4 is 35.6 Å². The predicted octanol–water partition coefficient (Wildman–Crippen LogP) is 1.34. The number of benzene rings is 1. The Morgan fingerprint density at radius 1 is 1.48 bits per heavy atom. The molecule has 1 saturated heterocycles. The first-order valence-electron chi connectivity index (χ1n) is 8.73. The Labute approximate surface area is 163 Å². The number of nitrogens with one attached hydrogen (secondary N) is 1. The molecule has 0 aliphatic carbocycles. The van der Waals surface area contributed by atoms with E-state index in [2.05, 4.69) is 5.32 Å². The summed E-state index contributed by atoms with van der Waals surface area (Å²) in [5, 5.41) is 14.3. The van der Waals surface area contributed by atoms with Gasteiger partial charge in [-0.1, -0.05) is 6.92 Å². The van der Waals surface area contributed by atoms with Gasteiger partial charge in [0.15, 0.2) is 6.61 Å². The molecule has 1 atom stereocenters. The van der Waals surface area contributed by atoms with Crippen LogP contribution in [0.1, 0.15) is 19.8 Å². The predicted molar refractivity (Wildman–Crippen MR) is 101 cm³/mol. The van der Waals surface area contributed by atoms with Crippen molar-refractivity contribution in [1.29, 1.82) is 0 Å². The van der Waals surface area contributed by atoms with Crippen LogP contribution in [-0.4, -0.2) is 60.5 Å². The van der Waals surface area contributed by atoms with Crippen LogP contribution in [0, 0.1) is 10.1 Å². The Kier molecular flexibility index (Phi) is 6.98. The van der Waals surface area contributed by atoms with Crippen LogP contribution in [0.5, 0.6) is 5.75 Å². The fourth-order valence-electron chi connectivity index (χ4n) is 3.36. The summed E-state index contributed by atoms with van der Waals surface area (Å²) in [7, 11) is 0. The molecule has 0 bridgehead atoms. The molecule has 9 nitrogen and oxygen atoms in total. The molecule has 2 aliphatic heterocycles. The van der Waals surface area contributed by atoms with E-state index in [-0.39, 0.29) is 54.8 Å². The fourth-order valence-corrected chi connectivity index (χ4v) is 3.36. The number of nitrogens with zero attached hydrogens (tertiary/aromatic N) is 3. The number of carbonyl (C=O) groups is 2. The number of halogens is 1. The lowest BCUT2D eigenvalue weighted by Gasteiger charge is -2.33. The van der Waals surface area contributed by atoms with Gasteiger partial charge in [-0.25, -0.2) is 0 Å². The molecule has 2 aliphatic rings. The third-order valence-corrected chi connectivity index (χ3v) is 4.65. The highest BCUT2D eigenvalue weighted by Crippen LogP contribution is 2.35. The highest BCUT2D eigenvalue weighted by Gasteiger charge is 2.32. The second-order valence-corrected chi connectivity index (χ2v) is 6.41. The highest BCUT2D eigenvalue weighted by molar-refractivity contribution is 6.02. The van der Waals surface area contributed by atoms with Crippen LogP contribution >= 0.6 is 12.4 Å². The topological polar surface area (TPSA) is 105 Å². The summed E-state index contributed by atoms with van der Waals surface area (Å²) < 4.78 is 5.34. The van der Waals surface area contributed by atoms with E-state index in [1.807, 2.05) is 6.92 Å². The van der Waals surface area contributed by atoms with E-state index in [9.17, 15) is 19.7 Å². The number of non-ortho nitro benzene ring substituents is 1. The van der Waals surface area contributed by atoms with E-state index in [0.717, 1.165) is 25.9 Å². The molecular formula is C17H23ClN4O5. The van der Waals surface area contributed by atoms with Crippen molar-refractivity contribution in [2.75, 3.05) is 37.7 Å². The van der Waals surface area contributed by atoms with E-state index in [4.69, 9.17) is 4.74 Å². The molecule has 0 radical (unpaired) electrons. The van der Waals surface area contributed by atoms with Crippen molar-refractivity contribution in [3.63, 3.8) is 0 Å². The molecule has 27 heavy (non-hydrogen) atoms. The second kappa shape index (κ2) is 9.01. The molecule has 2 heterocycles. The standard InChI is InChI=1S/C17H22N4O5.ClH/c1-2-7-19(13-5-6-18-9-13)16(22)10-20-14-8-12(21(24)25)3-4-15(14)26-11-17(20)23;/h3-4,8,13,18H,2,5-7,9-11H2,1H3;1H. The molecule has 1 N–H and O–H groups in total. The molecule has 1 aromatic rings. The zero-order chi connectivity index (χ0) is 18.7. The molecule has 0 aromatic heterocycles. The Morgan fingerprint density at radius 3 is 2.89 bits per heavy atom. The summed E-state index contributed by atoms with van der Waals surface area (Å²) in [6.07, 6.45) is 1.70. The summed E-state index contributed by atoms with van der Waals surface area (Å²) >= 11 is 0. The maximum atomic E-state index is 12.9. The molecule has 1 unspecified atom stereocenters. The molecule has 0 saturated carbocycles. The van der Waals surface area contributed by atoms with E-state index >= 15 is 0 Å². The maximum absolute atomic E-state index is 12.9. The summed E-state index contributed by atoms with van der Waals surface area (Å²) in [6, 6.07) is 4.17. The van der Waals surface area contributed by atoms with Gasteiger partial charge in [0.25, 0.3) is 11.6 Å². The number of nitro groups is 1. The van der Waals surface area contributed by atoms with Crippen molar-refractivity contribution in [2.45, 2.75) is 25.8 Å². The number of rotatable bonds is 6. The first kappa shape index (κ1) is 20.9. The normalized spacial score (nSPS) is 18.3. The van der Waals surface area contributed by atoms with Crippen LogP contribution in [0.15, 0.2) is 18.2 Å². The SMILES string of the molecule is CCCN(C(=O)CN1C(=O)COc2ccc([N+](=O)[O-])cc21)C1CCNC1.Cl. The quantitative estimate of drug-likeness (QED) is 0.572. The minimum atomic E-state index is -0.535. The van der Waals surface area contributed by atoms with Gasteiger partial charge in [-0.05, 0) is 25.5 Å². The Bertz CT molecular complexity index is 723. The van der Waals surface area contributed by atoms with Gasteiger partial charge in [-0.15, -0.1) is 12.4 Å². The Hall–Kier alpha value is -2.39. The fraction of sp³-hybridized carbons (Fsp3) is 0.529. The van der Waals surface area contributed by atoms with Gasteiger partial charge in [0, 0.05) is 31.3 Å². The van der Waals surface area contributed by atoms with Gasteiger partial charge in [0.2, 0.25) is 5.91 Å². The van der Waals surface area contributed by atoms with Crippen LogP contribution in [0.2, 0.25) is 0 Å². The van der Waals surface area contributed by atoms with Crippen molar-refractivity contribution < 1.29 is 19.2 Å². The zero-order valence-electron chi connectivity index (χ0n) is 15.1. The molecule has 1 aromatic carbocycles. The number of hydrogen-bond donors (Lipinski definition) is 1. The second-order valence-electron chi connectivity index (χ2n) is 6.41. The summed E-state index contributed by atoms with van der Waals surface area (Å²) in [5.74, 6) is -0.173. The monoisotopic (exact) mass is 398 g/mol. The third kappa shape index (κ3) is 4.48. The van der Waals surface area contributed by atoms with Gasteiger partial charge in [-0.3, -0.25) is 24.6 Å². The number of hydrogen-bond acceptors (Lipinski definition) is 6. The minimum Gasteiger partial charge on any atom is -0.482 e. The van der Waals surface area contributed by atoms with Crippen LogP contribution in [0.3, 0.4) is 0 Å². The van der Waals surface area contributed by atoms with E-state index in [1.165, 1.54) is 23.1 Å². The lowest BCUT2D eigenvalue weighted by Crippen LogP contribution is -2.50. The number of carbonyl (C=O) groups excluding carboxylic acids is 2. The smallest absolute Gasteiger partial charge is 0.271 e. The number of ether oxygens (including phenoxy) is 1. The first-order chi connectivity index (χ1) is 12.5. The lowest BCUT2D eigenvalue weighted by molar-refractivity contribution is -0.384. The molecule has 2 amide bonds. The van der Waals surface area contributed by atoms with E-state index in [1.54, 1.807) is 4.90 Å². The Balaban J connectivity index is 0.00000261. The minimum absolute atomic E-state index is 0. The Morgan fingerprint density at radius 2 is 2.26 bits per heavy atom. The van der Waals surface area contributed by atoms with Gasteiger partial charge < -0.3 is 15.0 Å². The largest absolute Gasteiger partial charge is 0.482 e. The van der Waals surface area contributed by atoms with Gasteiger partial charge >= 0.3 is 0 Å². The summed E-state index contributed by atoms with van der Waals surface area (Å²) in [6.45, 7) is 3.89. The van der Waals surface area contributed by atoms with Crippen molar-refractivity contribution in [3.05, 3.63) is 28.3 Å². The number of anilines is 1. The molecule has 0 spiro atoms.